The number of urea groups is 1. The summed E-state index contributed by atoms with van der Waals surface area (Å²) in [4.78, 5) is 33.7. The highest BCUT2D eigenvalue weighted by Gasteiger charge is 2.35. The van der Waals surface area contributed by atoms with Crippen LogP contribution < -0.4 is 10.6 Å². The largest absolute Gasteiger partial charge is 0.411 e. The van der Waals surface area contributed by atoms with Crippen LogP contribution >= 0.6 is 11.3 Å². The Hall–Kier alpha value is -3.85. The second kappa shape index (κ2) is 19.3. The number of benzene rings is 2. The maximum atomic E-state index is 14.1. The summed E-state index contributed by atoms with van der Waals surface area (Å²) in [7, 11) is -2.39. The van der Waals surface area contributed by atoms with Crippen LogP contribution in [0.1, 0.15) is 87.5 Å². The molecule has 0 radical (unpaired) electrons. The number of nitrogens with zero attached hydrogens (tertiary/aromatic N) is 4. The first-order valence-corrected chi connectivity index (χ1v) is 20.4. The molecular weight excluding hydrogens is 701 g/mol. The number of sulfonamides is 1. The first kappa shape index (κ1) is 40.9. The van der Waals surface area contributed by atoms with Crippen LogP contribution in [0.15, 0.2) is 70.0 Å². The van der Waals surface area contributed by atoms with Crippen LogP contribution in [0.25, 0.3) is 0 Å². The summed E-state index contributed by atoms with van der Waals surface area (Å²) in [6.07, 6.45) is 4.60. The first-order valence-electron chi connectivity index (χ1n) is 18.1. The van der Waals surface area contributed by atoms with Crippen molar-refractivity contribution >= 4 is 39.5 Å². The molecule has 1 fully saturated rings. The molecule has 1 heterocycles. The van der Waals surface area contributed by atoms with Crippen molar-refractivity contribution in [2.45, 2.75) is 102 Å². The van der Waals surface area contributed by atoms with Gasteiger partial charge in [0.2, 0.25) is 15.9 Å². The highest BCUT2D eigenvalue weighted by Crippen LogP contribution is 2.28. The van der Waals surface area contributed by atoms with Crippen molar-refractivity contribution in [3.8, 4) is 0 Å². The van der Waals surface area contributed by atoms with E-state index in [2.05, 4.69) is 34.6 Å². The number of oxime groups is 1. The minimum absolute atomic E-state index is 0.0539. The molecule has 0 spiro atoms. The predicted molar refractivity (Wildman–Crippen MR) is 204 cm³/mol. The fourth-order valence-electron chi connectivity index (χ4n) is 6.37. The Morgan fingerprint density at radius 3 is 2.33 bits per heavy atom. The fraction of sp³-hybridized carbons (Fsp3) is 0.526. The zero-order valence-electron chi connectivity index (χ0n) is 30.8. The van der Waals surface area contributed by atoms with Crippen LogP contribution in [-0.4, -0.2) is 89.4 Å². The van der Waals surface area contributed by atoms with Gasteiger partial charge in [-0.15, -0.1) is 11.3 Å². The third-order valence-electron chi connectivity index (χ3n) is 9.73. The summed E-state index contributed by atoms with van der Waals surface area (Å²) in [6.45, 7) is 8.23. The van der Waals surface area contributed by atoms with E-state index in [1.165, 1.54) is 27.6 Å². The molecule has 14 heteroatoms. The van der Waals surface area contributed by atoms with Gasteiger partial charge in [-0.25, -0.2) is 18.2 Å². The molecule has 1 aromatic heterocycles. The van der Waals surface area contributed by atoms with E-state index in [4.69, 9.17) is 5.21 Å². The summed E-state index contributed by atoms with van der Waals surface area (Å²) in [5.41, 5.74) is 2.16. The van der Waals surface area contributed by atoms with Crippen LogP contribution in [-0.2, 0) is 27.8 Å². The average Bonchev–Trinajstić information content (AvgIpc) is 3.83. The lowest BCUT2D eigenvalue weighted by molar-refractivity contribution is -0.125. The zero-order valence-corrected chi connectivity index (χ0v) is 32.4. The molecular formula is C38H54N6O6S2. The standard InChI is InChI=1S/C38H54N6O6S2/c1-6-27(4)35(42-38(47)43(5)23-31-25-51-37(40-31)26(2)3)36(46)41-33(20-28-12-8-7-9-13-28)34(45)24-44(22-30-14-10-11-15-30)52(49,50)32-18-16-29(17-19-32)21-39-48/h7-9,12-13,16-19,21,25-27,30,33-35,45,48H,6,10-11,14-15,20,22-24H2,1-5H3,(H,41,46)(H,42,47)/b39-21+/t27-,33-,34?,35+/m0/s1. The van der Waals surface area contributed by atoms with Gasteiger partial charge in [-0.3, -0.25) is 4.79 Å². The van der Waals surface area contributed by atoms with Crippen LogP contribution in [0, 0.1) is 11.8 Å². The highest BCUT2D eigenvalue weighted by atomic mass is 32.2. The molecule has 0 aliphatic heterocycles. The Labute approximate surface area is 312 Å². The third-order valence-corrected chi connectivity index (χ3v) is 12.8. The molecule has 52 heavy (non-hydrogen) atoms. The number of carbonyl (C=O) groups is 2. The van der Waals surface area contributed by atoms with Crippen molar-refractivity contribution in [1.82, 2.24) is 24.8 Å². The van der Waals surface area contributed by atoms with Gasteiger partial charge < -0.3 is 25.8 Å². The van der Waals surface area contributed by atoms with Gasteiger partial charge in [0.05, 0.1) is 40.5 Å². The number of thiazole rings is 1. The van der Waals surface area contributed by atoms with E-state index in [-0.39, 0.29) is 48.7 Å². The molecule has 0 saturated heterocycles. The van der Waals surface area contributed by atoms with Crippen LogP contribution in [0.2, 0.25) is 0 Å². The van der Waals surface area contributed by atoms with E-state index in [1.807, 2.05) is 49.6 Å². The zero-order chi connectivity index (χ0) is 37.8. The van der Waals surface area contributed by atoms with Gasteiger partial charge in [0, 0.05) is 31.4 Å². The molecule has 4 rings (SSSR count). The molecule has 1 aliphatic carbocycles. The van der Waals surface area contributed by atoms with Gasteiger partial charge >= 0.3 is 6.03 Å². The first-order chi connectivity index (χ1) is 24.8. The normalized spacial score (nSPS) is 16.2. The summed E-state index contributed by atoms with van der Waals surface area (Å²) >= 11 is 1.55. The topological polar surface area (TPSA) is 165 Å². The van der Waals surface area contributed by atoms with Crippen LogP contribution in [0.5, 0.6) is 0 Å². The van der Waals surface area contributed by atoms with Crippen molar-refractivity contribution in [2.24, 2.45) is 17.0 Å². The second-order valence-corrected chi connectivity index (χ2v) is 17.0. The van der Waals surface area contributed by atoms with E-state index in [9.17, 15) is 23.1 Å². The lowest BCUT2D eigenvalue weighted by Gasteiger charge is -2.33. The summed E-state index contributed by atoms with van der Waals surface area (Å²) in [6, 6.07) is 13.2. The molecule has 1 aliphatic rings. The molecule has 3 amide bonds. The van der Waals surface area contributed by atoms with Crippen molar-refractivity contribution in [3.63, 3.8) is 0 Å². The number of aromatic nitrogens is 1. The molecule has 1 saturated carbocycles. The van der Waals surface area contributed by atoms with E-state index < -0.39 is 40.1 Å². The highest BCUT2D eigenvalue weighted by molar-refractivity contribution is 7.89. The monoisotopic (exact) mass is 754 g/mol. The lowest BCUT2D eigenvalue weighted by Crippen LogP contribution is -2.58. The van der Waals surface area contributed by atoms with E-state index in [0.29, 0.717) is 12.0 Å². The number of nitrogens with one attached hydrogen (secondary N) is 2. The molecule has 4 atom stereocenters. The van der Waals surface area contributed by atoms with Crippen molar-refractivity contribution in [3.05, 3.63) is 81.8 Å². The predicted octanol–water partition coefficient (Wildman–Crippen LogP) is 5.60. The van der Waals surface area contributed by atoms with E-state index in [1.54, 1.807) is 30.5 Å². The Kier molecular flexibility index (Phi) is 15.2. The smallest absolute Gasteiger partial charge is 0.318 e. The van der Waals surface area contributed by atoms with Crippen LogP contribution in [0.3, 0.4) is 0 Å². The Morgan fingerprint density at radius 1 is 1.06 bits per heavy atom. The number of amides is 3. The number of rotatable bonds is 18. The summed E-state index contributed by atoms with van der Waals surface area (Å²) in [5, 5.41) is 32.6. The maximum absolute atomic E-state index is 14.1. The number of carbonyl (C=O) groups excluding carboxylic acids is 2. The molecule has 0 bridgehead atoms. The van der Waals surface area contributed by atoms with Crippen molar-refractivity contribution < 1.29 is 28.3 Å². The SMILES string of the molecule is CC[C@H](C)[C@@H](NC(=O)N(C)Cc1csc(C(C)C)n1)C(=O)N[C@@H](Cc1ccccc1)C(O)CN(CC1CCCC1)S(=O)(=O)c1ccc(/C=N/O)cc1. The summed E-state index contributed by atoms with van der Waals surface area (Å²) < 4.78 is 29.5. The number of aliphatic hydroxyl groups is 1. The van der Waals surface area contributed by atoms with Gasteiger partial charge in [0.25, 0.3) is 0 Å². The molecule has 2 aromatic carbocycles. The molecule has 4 N–H and O–H groups in total. The molecule has 3 aromatic rings. The average molecular weight is 755 g/mol. The Bertz CT molecular complexity index is 1710. The minimum Gasteiger partial charge on any atom is -0.411 e. The van der Waals surface area contributed by atoms with Gasteiger partial charge in [0.1, 0.15) is 6.04 Å². The molecule has 12 nitrogen and oxygen atoms in total. The number of aliphatic hydroxyl groups excluding tert-OH is 1. The third kappa shape index (κ3) is 11.3. The number of hydrogen-bond donors (Lipinski definition) is 4. The lowest BCUT2D eigenvalue weighted by atomic mass is 9.96. The quantitative estimate of drug-likeness (QED) is 0.0746. The molecule has 1 unspecified atom stereocenters. The van der Waals surface area contributed by atoms with Crippen LogP contribution in [0.4, 0.5) is 4.79 Å². The minimum atomic E-state index is -4.05. The van der Waals surface area contributed by atoms with Gasteiger partial charge in [-0.1, -0.05) is 94.6 Å². The number of hydrogen-bond acceptors (Lipinski definition) is 9. The van der Waals surface area contributed by atoms with E-state index in [0.717, 1.165) is 41.9 Å². The Morgan fingerprint density at radius 2 is 1.73 bits per heavy atom. The van der Waals surface area contributed by atoms with Crippen molar-refractivity contribution in [1.29, 1.82) is 0 Å². The Balaban J connectivity index is 1.56. The van der Waals surface area contributed by atoms with Gasteiger partial charge in [-0.05, 0) is 54.4 Å². The maximum Gasteiger partial charge on any atom is 0.318 e. The molecule has 284 valence electrons. The second-order valence-electron chi connectivity index (χ2n) is 14.2. The summed E-state index contributed by atoms with van der Waals surface area (Å²) in [5.74, 6) is -0.270. The van der Waals surface area contributed by atoms with Crippen molar-refractivity contribution in [2.75, 3.05) is 20.1 Å². The van der Waals surface area contributed by atoms with Gasteiger partial charge in [0.15, 0.2) is 0 Å². The van der Waals surface area contributed by atoms with Gasteiger partial charge in [-0.2, -0.15) is 4.31 Å². The fourth-order valence-corrected chi connectivity index (χ4v) is 8.73. The van der Waals surface area contributed by atoms with E-state index >= 15 is 0 Å².